The molecular weight excluding hydrogens is 429 g/mol. The molecule has 0 fully saturated rings. The fraction of sp³-hybridized carbons (Fsp3) is 0.0952. The van der Waals surface area contributed by atoms with Crippen LogP contribution in [0.25, 0.3) is 10.2 Å². The predicted molar refractivity (Wildman–Crippen MR) is 117 cm³/mol. The average molecular weight is 444 g/mol. The van der Waals surface area contributed by atoms with E-state index in [1.165, 1.54) is 11.3 Å². The summed E-state index contributed by atoms with van der Waals surface area (Å²) >= 11 is 13.7. The van der Waals surface area contributed by atoms with Gasteiger partial charge in [0.25, 0.3) is 5.91 Å². The quantitative estimate of drug-likeness (QED) is 0.387. The lowest BCUT2D eigenvalue weighted by molar-refractivity contribution is 0.0985. The van der Waals surface area contributed by atoms with Gasteiger partial charge in [0.1, 0.15) is 5.75 Å². The van der Waals surface area contributed by atoms with E-state index in [-0.39, 0.29) is 5.91 Å². The SMILES string of the molecule is COc1ccc2nc(N(Cc3cccnc3)C(=O)c3ccc(Cl)cc3Cl)sc2c1. The minimum atomic E-state index is -0.262. The molecule has 0 atom stereocenters. The summed E-state index contributed by atoms with van der Waals surface area (Å²) in [6, 6.07) is 14.2. The summed E-state index contributed by atoms with van der Waals surface area (Å²) in [5, 5.41) is 1.33. The zero-order chi connectivity index (χ0) is 20.4. The summed E-state index contributed by atoms with van der Waals surface area (Å²) in [5.41, 5.74) is 2.02. The lowest BCUT2D eigenvalue weighted by Crippen LogP contribution is -2.30. The highest BCUT2D eigenvalue weighted by atomic mass is 35.5. The lowest BCUT2D eigenvalue weighted by Gasteiger charge is -2.20. The van der Waals surface area contributed by atoms with Gasteiger partial charge in [0.05, 0.1) is 34.5 Å². The molecule has 146 valence electrons. The number of ether oxygens (including phenoxy) is 1. The number of amides is 1. The maximum Gasteiger partial charge on any atom is 0.261 e. The molecule has 0 aliphatic heterocycles. The molecule has 1 amide bonds. The molecule has 0 spiro atoms. The number of halogens is 2. The molecule has 5 nitrogen and oxygen atoms in total. The summed E-state index contributed by atoms with van der Waals surface area (Å²) in [6.45, 7) is 0.308. The second-order valence-corrected chi connectivity index (χ2v) is 8.06. The van der Waals surface area contributed by atoms with Crippen LogP contribution < -0.4 is 9.64 Å². The highest BCUT2D eigenvalue weighted by Crippen LogP contribution is 2.34. The first kappa shape index (κ1) is 19.6. The number of pyridine rings is 1. The molecule has 0 N–H and O–H groups in total. The molecule has 0 bridgehead atoms. The van der Waals surface area contributed by atoms with Gasteiger partial charge in [-0.05, 0) is 48.0 Å². The molecule has 0 unspecified atom stereocenters. The van der Waals surface area contributed by atoms with Crippen LogP contribution in [0, 0.1) is 0 Å². The number of anilines is 1. The topological polar surface area (TPSA) is 55.3 Å². The molecule has 29 heavy (non-hydrogen) atoms. The number of benzene rings is 2. The molecule has 0 radical (unpaired) electrons. The number of carbonyl (C=O) groups excluding carboxylic acids is 1. The third kappa shape index (κ3) is 4.19. The Morgan fingerprint density at radius 2 is 2.03 bits per heavy atom. The van der Waals surface area contributed by atoms with E-state index in [2.05, 4.69) is 9.97 Å². The zero-order valence-electron chi connectivity index (χ0n) is 15.3. The normalized spacial score (nSPS) is 10.9. The third-order valence-corrected chi connectivity index (χ3v) is 5.87. The van der Waals surface area contributed by atoms with Crippen LogP contribution in [0.2, 0.25) is 10.0 Å². The first-order valence-electron chi connectivity index (χ1n) is 8.65. The summed E-state index contributed by atoms with van der Waals surface area (Å²) in [5.74, 6) is 0.472. The van der Waals surface area contributed by atoms with E-state index in [0.717, 1.165) is 21.5 Å². The van der Waals surface area contributed by atoms with E-state index < -0.39 is 0 Å². The Hall–Kier alpha value is -2.67. The lowest BCUT2D eigenvalue weighted by atomic mass is 10.2. The monoisotopic (exact) mass is 443 g/mol. The smallest absolute Gasteiger partial charge is 0.261 e. The van der Waals surface area contributed by atoms with E-state index in [1.807, 2.05) is 30.3 Å². The second kappa shape index (κ2) is 8.37. The van der Waals surface area contributed by atoms with Crippen LogP contribution in [0.4, 0.5) is 5.13 Å². The summed E-state index contributed by atoms with van der Waals surface area (Å²) in [6.07, 6.45) is 3.41. The molecule has 2 aromatic carbocycles. The van der Waals surface area contributed by atoms with Crippen molar-refractivity contribution in [1.29, 1.82) is 0 Å². The standard InChI is InChI=1S/C21H15Cl2N3O2S/c1-28-15-5-7-18-19(10-15)29-21(25-18)26(12-13-3-2-8-24-11-13)20(27)16-6-4-14(22)9-17(16)23/h2-11H,12H2,1H3. The van der Waals surface area contributed by atoms with Gasteiger partial charge in [-0.15, -0.1) is 0 Å². The number of hydrogen-bond acceptors (Lipinski definition) is 5. The Kier molecular flexibility index (Phi) is 5.67. The zero-order valence-corrected chi connectivity index (χ0v) is 17.6. The van der Waals surface area contributed by atoms with E-state index in [1.54, 1.807) is 42.6 Å². The minimum absolute atomic E-state index is 0.262. The van der Waals surface area contributed by atoms with Crippen molar-refractivity contribution in [3.63, 3.8) is 0 Å². The number of methoxy groups -OCH3 is 1. The van der Waals surface area contributed by atoms with Crippen molar-refractivity contribution in [2.75, 3.05) is 12.0 Å². The van der Waals surface area contributed by atoms with Crippen molar-refractivity contribution in [2.45, 2.75) is 6.54 Å². The fourth-order valence-electron chi connectivity index (χ4n) is 2.84. The highest BCUT2D eigenvalue weighted by molar-refractivity contribution is 7.22. The van der Waals surface area contributed by atoms with Crippen molar-refractivity contribution < 1.29 is 9.53 Å². The van der Waals surface area contributed by atoms with Crippen LogP contribution in [0.3, 0.4) is 0 Å². The fourth-order valence-corrected chi connectivity index (χ4v) is 4.33. The number of nitrogens with zero attached hydrogens (tertiary/aromatic N) is 3. The largest absolute Gasteiger partial charge is 0.497 e. The maximum absolute atomic E-state index is 13.4. The number of rotatable bonds is 5. The summed E-state index contributed by atoms with van der Waals surface area (Å²) in [4.78, 5) is 23.8. The van der Waals surface area contributed by atoms with Gasteiger partial charge in [-0.3, -0.25) is 14.7 Å². The Bertz CT molecular complexity index is 1180. The average Bonchev–Trinajstić information content (AvgIpc) is 3.15. The summed E-state index contributed by atoms with van der Waals surface area (Å²) in [7, 11) is 1.61. The van der Waals surface area contributed by atoms with Crippen LogP contribution >= 0.6 is 34.5 Å². The van der Waals surface area contributed by atoms with Crippen LogP contribution in [-0.4, -0.2) is 23.0 Å². The van der Waals surface area contributed by atoms with Gasteiger partial charge in [0.2, 0.25) is 0 Å². The van der Waals surface area contributed by atoms with Gasteiger partial charge in [0, 0.05) is 17.4 Å². The maximum atomic E-state index is 13.4. The van der Waals surface area contributed by atoms with Crippen LogP contribution in [-0.2, 0) is 6.54 Å². The van der Waals surface area contributed by atoms with E-state index >= 15 is 0 Å². The molecule has 0 saturated carbocycles. The van der Waals surface area contributed by atoms with Gasteiger partial charge in [-0.2, -0.15) is 0 Å². The van der Waals surface area contributed by atoms with Crippen LogP contribution in [0.15, 0.2) is 60.9 Å². The predicted octanol–water partition coefficient (Wildman–Crippen LogP) is 5.85. The number of aromatic nitrogens is 2. The van der Waals surface area contributed by atoms with Gasteiger partial charge in [-0.1, -0.05) is 40.6 Å². The van der Waals surface area contributed by atoms with E-state index in [0.29, 0.717) is 27.3 Å². The second-order valence-electron chi connectivity index (χ2n) is 6.21. The van der Waals surface area contributed by atoms with Crippen LogP contribution in [0.5, 0.6) is 5.75 Å². The van der Waals surface area contributed by atoms with Crippen molar-refractivity contribution in [1.82, 2.24) is 9.97 Å². The first-order valence-corrected chi connectivity index (χ1v) is 10.2. The molecule has 0 aliphatic carbocycles. The molecule has 8 heteroatoms. The summed E-state index contributed by atoms with van der Waals surface area (Å²) < 4.78 is 6.21. The van der Waals surface area contributed by atoms with Crippen molar-refractivity contribution in [2.24, 2.45) is 0 Å². The number of fused-ring (bicyclic) bond motifs is 1. The number of hydrogen-bond donors (Lipinski definition) is 0. The molecule has 4 aromatic rings. The molecular formula is C21H15Cl2N3O2S. The molecule has 4 rings (SSSR count). The van der Waals surface area contributed by atoms with Gasteiger partial charge < -0.3 is 4.74 Å². The molecule has 0 aliphatic rings. The van der Waals surface area contributed by atoms with Crippen molar-refractivity contribution in [3.05, 3.63) is 82.1 Å². The Labute approximate surface area is 181 Å². The molecule has 0 saturated heterocycles. The van der Waals surface area contributed by atoms with Gasteiger partial charge in [-0.25, -0.2) is 4.98 Å². The van der Waals surface area contributed by atoms with Crippen molar-refractivity contribution >= 4 is 55.8 Å². The van der Waals surface area contributed by atoms with E-state index in [4.69, 9.17) is 27.9 Å². The first-order chi connectivity index (χ1) is 14.0. The van der Waals surface area contributed by atoms with Crippen LogP contribution in [0.1, 0.15) is 15.9 Å². The Balaban J connectivity index is 1.78. The number of carbonyl (C=O) groups is 1. The minimum Gasteiger partial charge on any atom is -0.497 e. The number of thiazole rings is 1. The van der Waals surface area contributed by atoms with Gasteiger partial charge >= 0.3 is 0 Å². The Morgan fingerprint density at radius 1 is 1.17 bits per heavy atom. The van der Waals surface area contributed by atoms with E-state index in [9.17, 15) is 4.79 Å². The highest BCUT2D eigenvalue weighted by Gasteiger charge is 2.24. The van der Waals surface area contributed by atoms with Crippen molar-refractivity contribution in [3.8, 4) is 5.75 Å². The molecule has 2 aromatic heterocycles. The third-order valence-electron chi connectivity index (χ3n) is 4.29. The Morgan fingerprint density at radius 3 is 2.76 bits per heavy atom. The molecule has 2 heterocycles. The van der Waals surface area contributed by atoms with Gasteiger partial charge in [0.15, 0.2) is 5.13 Å².